The molecule has 0 saturated carbocycles. The molecule has 1 atom stereocenters. The Labute approximate surface area is 243 Å². The number of allylic oxidation sites excluding steroid dienone is 1. The number of hydrogen-bond donors (Lipinski definition) is 0. The summed E-state index contributed by atoms with van der Waals surface area (Å²) in [6.07, 6.45) is 8.35. The van der Waals surface area contributed by atoms with Gasteiger partial charge in [0.1, 0.15) is 5.75 Å². The highest BCUT2D eigenvalue weighted by molar-refractivity contribution is 7.07. The van der Waals surface area contributed by atoms with Gasteiger partial charge in [-0.15, -0.1) is 0 Å². The molecule has 0 bridgehead atoms. The summed E-state index contributed by atoms with van der Waals surface area (Å²) in [5, 5.41) is 1.17. The highest BCUT2D eigenvalue weighted by Crippen LogP contribution is 2.41. The molecule has 0 unspecified atom stereocenters. The standard InChI is InChI=1S/C35H33N3O2S/c1-3-5-20-37-22-25(27-11-8-9-13-30(27)37)21-31-34(39)38-33(24-14-17-26(18-15-24)40-4-2)29-19-16-23-10-6-7-12-28(23)32(29)36-35(38)41-31/h6-15,17-18,21-22,33H,3-5,16,19-20H2,1-2H3/t33-/m0/s1. The van der Waals surface area contributed by atoms with Gasteiger partial charge in [0.05, 0.1) is 22.9 Å². The molecule has 6 heteroatoms. The second kappa shape index (κ2) is 10.7. The molecule has 0 saturated heterocycles. The van der Waals surface area contributed by atoms with Crippen LogP contribution in [-0.4, -0.2) is 15.7 Å². The van der Waals surface area contributed by atoms with Crippen LogP contribution in [0.25, 0.3) is 22.7 Å². The molecule has 0 radical (unpaired) electrons. The number of nitrogens with zero attached hydrogens (tertiary/aromatic N) is 3. The van der Waals surface area contributed by atoms with Crippen LogP contribution in [-0.2, 0) is 13.0 Å². The average molecular weight is 560 g/mol. The Hall–Kier alpha value is -4.16. The molecule has 0 spiro atoms. The molecule has 5 nitrogen and oxygen atoms in total. The molecule has 1 aliphatic carbocycles. The number of aromatic nitrogens is 2. The van der Waals surface area contributed by atoms with Gasteiger partial charge in [0.15, 0.2) is 4.80 Å². The fourth-order valence-electron chi connectivity index (χ4n) is 6.28. The Morgan fingerprint density at radius 3 is 2.63 bits per heavy atom. The van der Waals surface area contributed by atoms with Gasteiger partial charge < -0.3 is 9.30 Å². The molecule has 3 aromatic carbocycles. The first-order valence-electron chi connectivity index (χ1n) is 14.6. The van der Waals surface area contributed by atoms with Crippen molar-refractivity contribution in [2.75, 3.05) is 6.61 Å². The maximum Gasteiger partial charge on any atom is 0.271 e. The van der Waals surface area contributed by atoms with Crippen LogP contribution >= 0.6 is 11.3 Å². The van der Waals surface area contributed by atoms with Crippen molar-refractivity contribution >= 4 is 34.0 Å². The fourth-order valence-corrected chi connectivity index (χ4v) is 7.27. The summed E-state index contributed by atoms with van der Waals surface area (Å²) < 4.78 is 10.7. The van der Waals surface area contributed by atoms with Crippen molar-refractivity contribution in [1.82, 2.24) is 9.13 Å². The van der Waals surface area contributed by atoms with E-state index in [1.807, 2.05) is 23.6 Å². The van der Waals surface area contributed by atoms with Gasteiger partial charge in [-0.2, -0.15) is 0 Å². The smallest absolute Gasteiger partial charge is 0.271 e. The van der Waals surface area contributed by atoms with Crippen LogP contribution in [0.5, 0.6) is 5.75 Å². The van der Waals surface area contributed by atoms with Crippen molar-refractivity contribution in [3.8, 4) is 5.75 Å². The van der Waals surface area contributed by atoms with E-state index in [-0.39, 0.29) is 11.6 Å². The Morgan fingerprint density at radius 2 is 1.80 bits per heavy atom. The van der Waals surface area contributed by atoms with Crippen molar-refractivity contribution in [2.45, 2.75) is 52.1 Å². The highest BCUT2D eigenvalue weighted by atomic mass is 32.1. The second-order valence-corrected chi connectivity index (χ2v) is 11.8. The Morgan fingerprint density at radius 1 is 1.00 bits per heavy atom. The molecule has 41 heavy (non-hydrogen) atoms. The molecule has 2 aliphatic rings. The number of para-hydroxylation sites is 1. The summed E-state index contributed by atoms with van der Waals surface area (Å²) in [6.45, 7) is 5.79. The maximum atomic E-state index is 14.2. The van der Waals surface area contributed by atoms with Gasteiger partial charge >= 0.3 is 0 Å². The van der Waals surface area contributed by atoms with Gasteiger partial charge in [-0.25, -0.2) is 4.99 Å². The number of ether oxygens (including phenoxy) is 1. The largest absolute Gasteiger partial charge is 0.494 e. The predicted octanol–water partition coefficient (Wildman–Crippen LogP) is 6.47. The van der Waals surface area contributed by atoms with Crippen LogP contribution in [0.3, 0.4) is 0 Å². The number of rotatable bonds is 7. The molecular formula is C35H33N3O2S. The van der Waals surface area contributed by atoms with Gasteiger partial charge in [0.25, 0.3) is 5.56 Å². The summed E-state index contributed by atoms with van der Waals surface area (Å²) in [7, 11) is 0. The van der Waals surface area contributed by atoms with E-state index in [1.54, 1.807) is 0 Å². The van der Waals surface area contributed by atoms with Crippen LogP contribution in [0.2, 0.25) is 0 Å². The van der Waals surface area contributed by atoms with Gasteiger partial charge in [-0.05, 0) is 67.2 Å². The topological polar surface area (TPSA) is 48.5 Å². The molecule has 7 rings (SSSR count). The van der Waals surface area contributed by atoms with Crippen LogP contribution in [0, 0.1) is 0 Å². The fraction of sp³-hybridized carbons (Fsp3) is 0.257. The van der Waals surface area contributed by atoms with Gasteiger partial charge in [-0.1, -0.05) is 79.3 Å². The van der Waals surface area contributed by atoms with Gasteiger partial charge in [0.2, 0.25) is 0 Å². The first-order valence-corrected chi connectivity index (χ1v) is 15.4. The van der Waals surface area contributed by atoms with E-state index in [0.29, 0.717) is 11.1 Å². The SMILES string of the molecule is CCCCn1cc(C=c2sc3n(c2=O)[C@@H](c2ccc(OCC)cc2)C2=C(N=3)c3ccccc3CC2)c2ccccc21. The van der Waals surface area contributed by atoms with Gasteiger partial charge in [-0.3, -0.25) is 9.36 Å². The Bertz CT molecular complexity index is 1970. The zero-order chi connectivity index (χ0) is 27.9. The van der Waals surface area contributed by atoms with Crippen LogP contribution in [0.15, 0.2) is 94.4 Å². The van der Waals surface area contributed by atoms with E-state index in [4.69, 9.17) is 9.73 Å². The van der Waals surface area contributed by atoms with E-state index in [9.17, 15) is 4.79 Å². The summed E-state index contributed by atoms with van der Waals surface area (Å²) in [4.78, 5) is 20.2. The third-order valence-corrected chi connectivity index (χ3v) is 9.22. The third kappa shape index (κ3) is 4.47. The summed E-state index contributed by atoms with van der Waals surface area (Å²) in [5.41, 5.74) is 8.12. The molecule has 5 aromatic rings. The molecule has 206 valence electrons. The van der Waals surface area contributed by atoms with E-state index in [1.165, 1.54) is 38.9 Å². The van der Waals surface area contributed by atoms with Crippen molar-refractivity contribution in [1.29, 1.82) is 0 Å². The number of thiazole rings is 1. The number of fused-ring (bicyclic) bond motifs is 4. The lowest BCUT2D eigenvalue weighted by Crippen LogP contribution is -2.38. The quantitative estimate of drug-likeness (QED) is 0.229. The highest BCUT2D eigenvalue weighted by Gasteiger charge is 2.32. The van der Waals surface area contributed by atoms with Crippen LogP contribution < -0.4 is 19.6 Å². The van der Waals surface area contributed by atoms with Crippen LogP contribution in [0.4, 0.5) is 0 Å². The lowest BCUT2D eigenvalue weighted by molar-refractivity contribution is 0.340. The number of aryl methyl sites for hydroxylation is 2. The monoisotopic (exact) mass is 559 g/mol. The number of unbranched alkanes of at least 4 members (excludes halogenated alkanes) is 1. The van der Waals surface area contributed by atoms with Crippen molar-refractivity contribution in [2.24, 2.45) is 4.99 Å². The van der Waals surface area contributed by atoms with E-state index in [0.717, 1.165) is 59.6 Å². The summed E-state index contributed by atoms with van der Waals surface area (Å²) in [5.74, 6) is 0.839. The molecular weight excluding hydrogens is 526 g/mol. The van der Waals surface area contributed by atoms with Crippen molar-refractivity contribution in [3.63, 3.8) is 0 Å². The minimum absolute atomic E-state index is 0.0171. The number of benzene rings is 3. The van der Waals surface area contributed by atoms with Crippen LogP contribution in [0.1, 0.15) is 61.4 Å². The average Bonchev–Trinajstić information content (AvgIpc) is 3.52. The van der Waals surface area contributed by atoms with Gasteiger partial charge in [0, 0.05) is 34.8 Å². The minimum atomic E-state index is -0.196. The van der Waals surface area contributed by atoms with Crippen molar-refractivity contribution in [3.05, 3.63) is 127 Å². The molecule has 0 amide bonds. The minimum Gasteiger partial charge on any atom is -0.494 e. The molecule has 0 N–H and O–H groups in total. The molecule has 1 aliphatic heterocycles. The number of hydrogen-bond acceptors (Lipinski definition) is 4. The summed E-state index contributed by atoms with van der Waals surface area (Å²) in [6, 6.07) is 25.1. The zero-order valence-electron chi connectivity index (χ0n) is 23.5. The predicted molar refractivity (Wildman–Crippen MR) is 167 cm³/mol. The lowest BCUT2D eigenvalue weighted by Gasteiger charge is -2.30. The van der Waals surface area contributed by atoms with Crippen molar-refractivity contribution < 1.29 is 4.74 Å². The van der Waals surface area contributed by atoms with E-state index >= 15 is 0 Å². The molecule has 3 heterocycles. The lowest BCUT2D eigenvalue weighted by atomic mass is 9.83. The van der Waals surface area contributed by atoms with E-state index in [2.05, 4.69) is 84.4 Å². The Kier molecular flexibility index (Phi) is 6.71. The second-order valence-electron chi connectivity index (χ2n) is 10.8. The molecule has 0 fully saturated rings. The maximum absolute atomic E-state index is 14.2. The Balaban J connectivity index is 1.43. The normalized spacial score (nSPS) is 16.3. The first-order chi connectivity index (χ1) is 20.2. The molecule has 2 aromatic heterocycles. The zero-order valence-corrected chi connectivity index (χ0v) is 24.3. The third-order valence-electron chi connectivity index (χ3n) is 8.24. The van der Waals surface area contributed by atoms with E-state index < -0.39 is 0 Å². The summed E-state index contributed by atoms with van der Waals surface area (Å²) >= 11 is 1.49. The first kappa shape index (κ1) is 25.8.